The highest BCUT2D eigenvalue weighted by Gasteiger charge is 2.31. The van der Waals surface area contributed by atoms with Gasteiger partial charge in [0.2, 0.25) is 0 Å². The molecule has 1 fully saturated rings. The summed E-state index contributed by atoms with van der Waals surface area (Å²) in [5, 5.41) is 13.4. The number of nitrogens with one attached hydrogen (secondary N) is 1. The smallest absolute Gasteiger partial charge is 0.318 e. The Morgan fingerprint density at radius 3 is 2.73 bits per heavy atom. The highest BCUT2D eigenvalue weighted by Crippen LogP contribution is 2.22. The van der Waals surface area contributed by atoms with E-state index in [0.717, 1.165) is 5.56 Å². The van der Waals surface area contributed by atoms with Crippen molar-refractivity contribution in [1.82, 2.24) is 10.2 Å². The second kappa shape index (κ2) is 7.11. The molecule has 1 heterocycles. The minimum atomic E-state index is -0.599. The van der Waals surface area contributed by atoms with Crippen LogP contribution in [-0.2, 0) is 4.74 Å². The second-order valence-corrected chi connectivity index (χ2v) is 6.76. The molecule has 122 valence electrons. The molecule has 5 heteroatoms. The number of carbonyl (C=O) groups excluding carboxylic acids is 1. The first-order valence-corrected chi connectivity index (χ1v) is 7.76. The maximum Gasteiger partial charge on any atom is 0.318 e. The standard InChI is InChI=1S/C17H26N2O3/c1-17(2,3)18-16(21)19-9-10-22-12-14(19)11-15(20)13-7-5-4-6-8-13/h4-8,14-15,20H,9-12H2,1-3H3,(H,18,21)/t14-,15+/m1/s1. The van der Waals surface area contributed by atoms with Crippen molar-refractivity contribution in [2.45, 2.75) is 44.9 Å². The van der Waals surface area contributed by atoms with Crippen LogP contribution in [0.15, 0.2) is 30.3 Å². The van der Waals surface area contributed by atoms with E-state index in [0.29, 0.717) is 26.2 Å². The molecule has 1 aromatic rings. The summed E-state index contributed by atoms with van der Waals surface area (Å²) in [7, 11) is 0. The molecule has 2 rings (SSSR count). The minimum Gasteiger partial charge on any atom is -0.388 e. The van der Waals surface area contributed by atoms with E-state index in [1.165, 1.54) is 0 Å². The quantitative estimate of drug-likeness (QED) is 0.901. The normalized spacial score (nSPS) is 20.5. The summed E-state index contributed by atoms with van der Waals surface area (Å²) in [6, 6.07) is 9.30. The molecule has 1 aliphatic rings. The molecule has 2 atom stereocenters. The molecule has 0 spiro atoms. The average Bonchev–Trinajstić information content (AvgIpc) is 2.47. The topological polar surface area (TPSA) is 61.8 Å². The van der Waals surface area contributed by atoms with E-state index >= 15 is 0 Å². The van der Waals surface area contributed by atoms with Crippen LogP contribution in [0.2, 0.25) is 0 Å². The zero-order valence-corrected chi connectivity index (χ0v) is 13.6. The highest BCUT2D eigenvalue weighted by atomic mass is 16.5. The van der Waals surface area contributed by atoms with Crippen molar-refractivity contribution < 1.29 is 14.6 Å². The molecular formula is C17H26N2O3. The Kier molecular flexibility index (Phi) is 5.42. The largest absolute Gasteiger partial charge is 0.388 e. The summed E-state index contributed by atoms with van der Waals surface area (Å²) in [6.07, 6.45) is -0.125. The van der Waals surface area contributed by atoms with Crippen LogP contribution in [0.25, 0.3) is 0 Å². The summed E-state index contributed by atoms with van der Waals surface area (Å²) in [4.78, 5) is 14.2. The van der Waals surface area contributed by atoms with Gasteiger partial charge in [-0.1, -0.05) is 30.3 Å². The lowest BCUT2D eigenvalue weighted by atomic mass is 10.0. The number of urea groups is 1. The Bertz CT molecular complexity index is 484. The van der Waals surface area contributed by atoms with Crippen molar-refractivity contribution in [3.05, 3.63) is 35.9 Å². The molecule has 0 aromatic heterocycles. The van der Waals surface area contributed by atoms with Crippen molar-refractivity contribution >= 4 is 6.03 Å². The SMILES string of the molecule is CC(C)(C)NC(=O)N1CCOC[C@H]1C[C@H](O)c1ccccc1. The van der Waals surface area contributed by atoms with Gasteiger partial charge in [0.1, 0.15) is 0 Å². The summed E-state index contributed by atoms with van der Waals surface area (Å²) in [5.41, 5.74) is 0.585. The first-order valence-electron chi connectivity index (χ1n) is 7.76. The van der Waals surface area contributed by atoms with Crippen molar-refractivity contribution in [3.63, 3.8) is 0 Å². The number of morpholine rings is 1. The van der Waals surface area contributed by atoms with E-state index in [2.05, 4.69) is 5.32 Å². The van der Waals surface area contributed by atoms with Crippen LogP contribution >= 0.6 is 0 Å². The maximum absolute atomic E-state index is 12.4. The predicted molar refractivity (Wildman–Crippen MR) is 85.6 cm³/mol. The van der Waals surface area contributed by atoms with Crippen LogP contribution in [0.4, 0.5) is 4.79 Å². The fourth-order valence-corrected chi connectivity index (χ4v) is 2.58. The molecule has 5 nitrogen and oxygen atoms in total. The molecule has 0 unspecified atom stereocenters. The summed E-state index contributed by atoms with van der Waals surface area (Å²) < 4.78 is 5.50. The molecule has 1 aromatic carbocycles. The third-order valence-corrected chi connectivity index (χ3v) is 3.65. The molecule has 1 saturated heterocycles. The van der Waals surface area contributed by atoms with Gasteiger partial charge >= 0.3 is 6.03 Å². The Morgan fingerprint density at radius 2 is 2.09 bits per heavy atom. The second-order valence-electron chi connectivity index (χ2n) is 6.76. The van der Waals surface area contributed by atoms with E-state index in [9.17, 15) is 9.90 Å². The van der Waals surface area contributed by atoms with Crippen LogP contribution < -0.4 is 5.32 Å². The number of benzene rings is 1. The summed E-state index contributed by atoms with van der Waals surface area (Å²) >= 11 is 0. The van der Waals surface area contributed by atoms with Crippen molar-refractivity contribution in [2.24, 2.45) is 0 Å². The number of rotatable bonds is 3. The van der Waals surface area contributed by atoms with Gasteiger partial charge in [-0.3, -0.25) is 0 Å². The van der Waals surface area contributed by atoms with Gasteiger partial charge in [-0.2, -0.15) is 0 Å². The molecule has 22 heavy (non-hydrogen) atoms. The fourth-order valence-electron chi connectivity index (χ4n) is 2.58. The van der Waals surface area contributed by atoms with Gasteiger partial charge < -0.3 is 20.1 Å². The first-order chi connectivity index (χ1) is 10.4. The molecule has 2 N–H and O–H groups in total. The number of aliphatic hydroxyl groups excluding tert-OH is 1. The Morgan fingerprint density at radius 1 is 1.41 bits per heavy atom. The van der Waals surface area contributed by atoms with Crippen molar-refractivity contribution in [1.29, 1.82) is 0 Å². The van der Waals surface area contributed by atoms with Gasteiger partial charge in [0.15, 0.2) is 0 Å². The Balaban J connectivity index is 2.02. The minimum absolute atomic E-state index is 0.0962. The molecular weight excluding hydrogens is 280 g/mol. The zero-order chi connectivity index (χ0) is 16.2. The lowest BCUT2D eigenvalue weighted by Crippen LogP contribution is -2.56. The monoisotopic (exact) mass is 306 g/mol. The van der Waals surface area contributed by atoms with Gasteiger partial charge in [-0.05, 0) is 26.3 Å². The Labute approximate surface area is 132 Å². The molecule has 2 amide bonds. The third kappa shape index (κ3) is 4.71. The average molecular weight is 306 g/mol. The van der Waals surface area contributed by atoms with E-state index in [4.69, 9.17) is 4.74 Å². The Hall–Kier alpha value is -1.59. The van der Waals surface area contributed by atoms with Crippen molar-refractivity contribution in [3.8, 4) is 0 Å². The van der Waals surface area contributed by atoms with E-state index in [1.807, 2.05) is 51.1 Å². The molecule has 0 aliphatic carbocycles. The van der Waals surface area contributed by atoms with E-state index in [-0.39, 0.29) is 17.6 Å². The molecule has 0 bridgehead atoms. The van der Waals surface area contributed by atoms with Gasteiger partial charge in [-0.15, -0.1) is 0 Å². The van der Waals surface area contributed by atoms with Crippen LogP contribution in [0.5, 0.6) is 0 Å². The van der Waals surface area contributed by atoms with E-state index < -0.39 is 6.10 Å². The van der Waals surface area contributed by atoms with Crippen LogP contribution in [0.1, 0.15) is 38.9 Å². The fraction of sp³-hybridized carbons (Fsp3) is 0.588. The lowest BCUT2D eigenvalue weighted by molar-refractivity contribution is -0.00793. The van der Waals surface area contributed by atoms with Gasteiger partial charge in [0.05, 0.1) is 25.4 Å². The van der Waals surface area contributed by atoms with Gasteiger partial charge in [0.25, 0.3) is 0 Å². The summed E-state index contributed by atoms with van der Waals surface area (Å²) in [5.74, 6) is 0. The zero-order valence-electron chi connectivity index (χ0n) is 13.6. The maximum atomic E-state index is 12.4. The number of aliphatic hydroxyl groups is 1. The molecule has 1 aliphatic heterocycles. The molecule has 0 radical (unpaired) electrons. The highest BCUT2D eigenvalue weighted by molar-refractivity contribution is 5.75. The number of amides is 2. The van der Waals surface area contributed by atoms with Crippen LogP contribution in [0, 0.1) is 0 Å². The number of hydrogen-bond acceptors (Lipinski definition) is 3. The van der Waals surface area contributed by atoms with Crippen molar-refractivity contribution in [2.75, 3.05) is 19.8 Å². The number of nitrogens with zero attached hydrogens (tertiary/aromatic N) is 1. The van der Waals surface area contributed by atoms with Crippen LogP contribution in [-0.4, -0.2) is 47.4 Å². The first kappa shape index (κ1) is 16.8. The number of carbonyl (C=O) groups is 1. The summed E-state index contributed by atoms with van der Waals surface area (Å²) in [6.45, 7) is 7.42. The predicted octanol–water partition coefficient (Wildman–Crippen LogP) is 2.32. The number of hydrogen-bond donors (Lipinski definition) is 2. The van der Waals surface area contributed by atoms with Gasteiger partial charge in [-0.25, -0.2) is 4.79 Å². The third-order valence-electron chi connectivity index (χ3n) is 3.65. The van der Waals surface area contributed by atoms with E-state index in [1.54, 1.807) is 4.90 Å². The van der Waals surface area contributed by atoms with Gasteiger partial charge in [0, 0.05) is 18.5 Å². The lowest BCUT2D eigenvalue weighted by Gasteiger charge is -2.38. The number of ether oxygens (including phenoxy) is 1. The molecule has 0 saturated carbocycles. The van der Waals surface area contributed by atoms with Crippen LogP contribution in [0.3, 0.4) is 0 Å².